The maximum absolute atomic E-state index is 12.6. The number of urea groups is 1. The molecule has 0 radical (unpaired) electrons. The van der Waals surface area contributed by atoms with E-state index in [1.807, 2.05) is 0 Å². The fourth-order valence-corrected chi connectivity index (χ4v) is 2.73. The third-order valence-electron chi connectivity index (χ3n) is 3.44. The second kappa shape index (κ2) is 5.96. The molecule has 1 saturated heterocycles. The molecule has 0 saturated carbocycles. The van der Waals surface area contributed by atoms with Gasteiger partial charge in [-0.3, -0.25) is 14.5 Å². The van der Waals surface area contributed by atoms with Gasteiger partial charge in [0.15, 0.2) is 0 Å². The van der Waals surface area contributed by atoms with Crippen molar-refractivity contribution >= 4 is 29.4 Å². The van der Waals surface area contributed by atoms with Gasteiger partial charge >= 0.3 is 6.03 Å². The highest BCUT2D eigenvalue weighted by atomic mass is 35.5. The predicted octanol–water partition coefficient (Wildman–Crippen LogP) is 1.63. The summed E-state index contributed by atoms with van der Waals surface area (Å²) in [6, 6.07) is 6.13. The Labute approximate surface area is 133 Å². The third kappa shape index (κ3) is 2.92. The van der Waals surface area contributed by atoms with Crippen molar-refractivity contribution in [2.75, 3.05) is 6.54 Å². The molecule has 1 heterocycles. The van der Waals surface area contributed by atoms with Gasteiger partial charge in [0.05, 0.1) is 0 Å². The molecule has 4 amide bonds. The van der Waals surface area contributed by atoms with Crippen molar-refractivity contribution in [3.05, 3.63) is 34.9 Å². The summed E-state index contributed by atoms with van der Waals surface area (Å²) in [5.74, 6) is -0.883. The van der Waals surface area contributed by atoms with Crippen molar-refractivity contribution in [3.63, 3.8) is 0 Å². The van der Waals surface area contributed by atoms with Crippen molar-refractivity contribution in [2.24, 2.45) is 0 Å². The Morgan fingerprint density at radius 2 is 2.00 bits per heavy atom. The molecule has 2 rings (SSSR count). The molecule has 1 aromatic carbocycles. The van der Waals surface area contributed by atoms with E-state index in [0.717, 1.165) is 4.90 Å². The standard InChI is InChI=1S/C15H18ClN3O3/c1-9(2)17-12(20)8-19-13(21)15(3,18-14(19)22)10-6-4-5-7-11(10)16/h4-7,9H,8H2,1-3H3,(H,17,20)(H,18,22)/t15-/m1/s1. The first-order valence-electron chi connectivity index (χ1n) is 6.94. The fourth-order valence-electron chi connectivity index (χ4n) is 2.40. The van der Waals surface area contributed by atoms with E-state index >= 15 is 0 Å². The molecule has 6 nitrogen and oxygen atoms in total. The van der Waals surface area contributed by atoms with Crippen LogP contribution in [0.25, 0.3) is 0 Å². The van der Waals surface area contributed by atoms with Crippen molar-refractivity contribution in [1.82, 2.24) is 15.5 Å². The zero-order chi connectivity index (χ0) is 16.5. The minimum Gasteiger partial charge on any atom is -0.352 e. The lowest BCUT2D eigenvalue weighted by Crippen LogP contribution is -2.44. The van der Waals surface area contributed by atoms with Crippen molar-refractivity contribution in [2.45, 2.75) is 32.4 Å². The van der Waals surface area contributed by atoms with Crippen molar-refractivity contribution < 1.29 is 14.4 Å². The summed E-state index contributed by atoms with van der Waals surface area (Å²) in [7, 11) is 0. The van der Waals surface area contributed by atoms with Gasteiger partial charge in [-0.2, -0.15) is 0 Å². The van der Waals surface area contributed by atoms with Gasteiger partial charge in [-0.25, -0.2) is 4.79 Å². The van der Waals surface area contributed by atoms with Crippen LogP contribution in [0.4, 0.5) is 4.79 Å². The number of nitrogens with zero attached hydrogens (tertiary/aromatic N) is 1. The van der Waals surface area contributed by atoms with E-state index in [-0.39, 0.29) is 18.5 Å². The van der Waals surface area contributed by atoms with Crippen molar-refractivity contribution in [3.8, 4) is 0 Å². The van der Waals surface area contributed by atoms with Crippen LogP contribution in [-0.2, 0) is 15.1 Å². The van der Waals surface area contributed by atoms with Crippen LogP contribution in [0.5, 0.6) is 0 Å². The first kappa shape index (κ1) is 16.3. The molecule has 1 aliphatic rings. The number of halogens is 1. The lowest BCUT2D eigenvalue weighted by Gasteiger charge is -2.23. The molecule has 1 aliphatic heterocycles. The minimum absolute atomic E-state index is 0.0665. The molecule has 0 aromatic heterocycles. The maximum atomic E-state index is 12.6. The molecule has 7 heteroatoms. The topological polar surface area (TPSA) is 78.5 Å². The number of benzene rings is 1. The summed E-state index contributed by atoms with van der Waals surface area (Å²) in [6.07, 6.45) is 0. The number of amides is 4. The molecule has 0 bridgehead atoms. The molecule has 118 valence electrons. The lowest BCUT2D eigenvalue weighted by molar-refractivity contribution is -0.135. The van der Waals surface area contributed by atoms with Crippen LogP contribution in [-0.4, -0.2) is 35.3 Å². The van der Waals surface area contributed by atoms with Crippen LogP contribution in [0.15, 0.2) is 24.3 Å². The average Bonchev–Trinajstić information content (AvgIpc) is 2.63. The Morgan fingerprint density at radius 1 is 1.36 bits per heavy atom. The third-order valence-corrected chi connectivity index (χ3v) is 3.77. The number of hydrogen-bond acceptors (Lipinski definition) is 3. The number of hydrogen-bond donors (Lipinski definition) is 2. The first-order chi connectivity index (χ1) is 10.3. The maximum Gasteiger partial charge on any atom is 0.325 e. The zero-order valence-electron chi connectivity index (χ0n) is 12.6. The summed E-state index contributed by atoms with van der Waals surface area (Å²) in [6.45, 7) is 4.87. The molecule has 1 aromatic rings. The molecule has 0 spiro atoms. The minimum atomic E-state index is -1.27. The summed E-state index contributed by atoms with van der Waals surface area (Å²) >= 11 is 6.13. The van der Waals surface area contributed by atoms with E-state index in [2.05, 4.69) is 10.6 Å². The fraction of sp³-hybridized carbons (Fsp3) is 0.400. The molecule has 0 unspecified atom stereocenters. The summed E-state index contributed by atoms with van der Waals surface area (Å²) < 4.78 is 0. The summed E-state index contributed by atoms with van der Waals surface area (Å²) in [5, 5.41) is 5.65. The Bertz CT molecular complexity index is 632. The van der Waals surface area contributed by atoms with Crippen LogP contribution in [0, 0.1) is 0 Å². The highest BCUT2D eigenvalue weighted by Gasteiger charge is 2.50. The molecular weight excluding hydrogens is 306 g/mol. The normalized spacial score (nSPS) is 21.2. The first-order valence-corrected chi connectivity index (χ1v) is 7.32. The van der Waals surface area contributed by atoms with Gasteiger partial charge in [0, 0.05) is 16.6 Å². The largest absolute Gasteiger partial charge is 0.352 e. The van der Waals surface area contributed by atoms with E-state index in [0.29, 0.717) is 10.6 Å². The van der Waals surface area contributed by atoms with Crippen LogP contribution >= 0.6 is 11.6 Å². The smallest absolute Gasteiger partial charge is 0.325 e. The average molecular weight is 324 g/mol. The van der Waals surface area contributed by atoms with E-state index < -0.39 is 17.5 Å². The van der Waals surface area contributed by atoms with Gasteiger partial charge in [0.1, 0.15) is 12.1 Å². The Hall–Kier alpha value is -2.08. The SMILES string of the molecule is CC(C)NC(=O)CN1C(=O)N[C@](C)(c2ccccc2Cl)C1=O. The molecule has 1 atom stereocenters. The van der Waals surface area contributed by atoms with Crippen LogP contribution in [0.1, 0.15) is 26.3 Å². The van der Waals surface area contributed by atoms with Crippen LogP contribution in [0.2, 0.25) is 5.02 Å². The number of carbonyl (C=O) groups is 3. The Kier molecular flexibility index (Phi) is 4.42. The van der Waals surface area contributed by atoms with E-state index in [1.54, 1.807) is 45.0 Å². The number of nitrogens with one attached hydrogen (secondary N) is 2. The van der Waals surface area contributed by atoms with Crippen molar-refractivity contribution in [1.29, 1.82) is 0 Å². The predicted molar refractivity (Wildman–Crippen MR) is 82.3 cm³/mol. The lowest BCUT2D eigenvalue weighted by atomic mass is 9.92. The van der Waals surface area contributed by atoms with Gasteiger partial charge in [0.25, 0.3) is 5.91 Å². The zero-order valence-corrected chi connectivity index (χ0v) is 13.4. The summed E-state index contributed by atoms with van der Waals surface area (Å²) in [5.41, 5.74) is -0.769. The number of carbonyl (C=O) groups excluding carboxylic acids is 3. The highest BCUT2D eigenvalue weighted by molar-refractivity contribution is 6.32. The Balaban J connectivity index is 2.25. The van der Waals surface area contributed by atoms with Gasteiger partial charge in [-0.1, -0.05) is 29.8 Å². The second-order valence-corrected chi connectivity index (χ2v) is 6.06. The van der Waals surface area contributed by atoms with Gasteiger partial charge in [0.2, 0.25) is 5.91 Å². The molecule has 2 N–H and O–H groups in total. The molecular formula is C15H18ClN3O3. The van der Waals surface area contributed by atoms with Crippen LogP contribution < -0.4 is 10.6 Å². The second-order valence-electron chi connectivity index (χ2n) is 5.65. The summed E-state index contributed by atoms with van der Waals surface area (Å²) in [4.78, 5) is 37.4. The molecule has 0 aliphatic carbocycles. The molecule has 22 heavy (non-hydrogen) atoms. The van der Waals surface area contributed by atoms with Gasteiger partial charge < -0.3 is 10.6 Å². The van der Waals surface area contributed by atoms with E-state index in [4.69, 9.17) is 11.6 Å². The highest BCUT2D eigenvalue weighted by Crippen LogP contribution is 2.33. The number of imide groups is 1. The quantitative estimate of drug-likeness (QED) is 0.827. The van der Waals surface area contributed by atoms with E-state index in [1.165, 1.54) is 0 Å². The van der Waals surface area contributed by atoms with Gasteiger partial charge in [-0.15, -0.1) is 0 Å². The monoisotopic (exact) mass is 323 g/mol. The van der Waals surface area contributed by atoms with Gasteiger partial charge in [-0.05, 0) is 26.8 Å². The Morgan fingerprint density at radius 3 is 2.59 bits per heavy atom. The van der Waals surface area contributed by atoms with E-state index in [9.17, 15) is 14.4 Å². The molecule has 1 fully saturated rings. The van der Waals surface area contributed by atoms with Crippen LogP contribution in [0.3, 0.4) is 0 Å². The number of rotatable bonds is 4.